The molecule has 132 valence electrons. The molecule has 3 aromatic heterocycles. The van der Waals surface area contributed by atoms with E-state index < -0.39 is 0 Å². The van der Waals surface area contributed by atoms with Crippen LogP contribution in [0, 0.1) is 6.92 Å². The van der Waals surface area contributed by atoms with Gasteiger partial charge in [-0.05, 0) is 43.3 Å². The molecular formula is C19H13N5O2S. The van der Waals surface area contributed by atoms with Gasteiger partial charge in [-0.1, -0.05) is 0 Å². The molecular weight excluding hydrogens is 362 g/mol. The Balaban J connectivity index is 1.53. The van der Waals surface area contributed by atoms with Crippen LogP contribution in [-0.2, 0) is 0 Å². The molecule has 1 aliphatic heterocycles. The number of benzene rings is 1. The summed E-state index contributed by atoms with van der Waals surface area (Å²) in [7, 11) is 0. The van der Waals surface area contributed by atoms with Crippen LogP contribution in [0.1, 0.15) is 4.88 Å². The Morgan fingerprint density at radius 2 is 1.96 bits per heavy atom. The second-order valence-corrected chi connectivity index (χ2v) is 7.17. The summed E-state index contributed by atoms with van der Waals surface area (Å²) >= 11 is 1.58. The van der Waals surface area contributed by atoms with Crippen LogP contribution in [0.5, 0.6) is 11.6 Å². The van der Waals surface area contributed by atoms with Crippen LogP contribution in [0.4, 0.5) is 21.9 Å². The number of carbonyl (C=O) groups excluding carboxylic acids is 1. The molecule has 0 fully saturated rings. The molecule has 1 N–H and O–H groups in total. The highest BCUT2D eigenvalue weighted by atomic mass is 32.1. The first-order valence-corrected chi connectivity index (χ1v) is 9.07. The molecule has 1 aromatic carbocycles. The molecule has 2 amide bonds. The van der Waals surface area contributed by atoms with Crippen LogP contribution in [0.25, 0.3) is 10.2 Å². The summed E-state index contributed by atoms with van der Waals surface area (Å²) in [6.07, 6.45) is 3.31. The van der Waals surface area contributed by atoms with Crippen molar-refractivity contribution in [1.29, 1.82) is 0 Å². The molecule has 0 unspecified atom stereocenters. The molecule has 0 aliphatic carbocycles. The fourth-order valence-corrected chi connectivity index (χ4v) is 4.08. The molecule has 4 aromatic rings. The summed E-state index contributed by atoms with van der Waals surface area (Å²) in [5, 5.41) is 11.6. The normalized spacial score (nSPS) is 12.9. The van der Waals surface area contributed by atoms with Gasteiger partial charge in [-0.2, -0.15) is 5.10 Å². The Kier molecular flexibility index (Phi) is 3.51. The van der Waals surface area contributed by atoms with Gasteiger partial charge in [0.2, 0.25) is 5.88 Å². The smallest absolute Gasteiger partial charge is 0.331 e. The van der Waals surface area contributed by atoms with Gasteiger partial charge in [0.25, 0.3) is 0 Å². The number of hydrogen-bond donors (Lipinski definition) is 1. The van der Waals surface area contributed by atoms with Crippen LogP contribution >= 0.6 is 11.3 Å². The molecule has 0 atom stereocenters. The van der Waals surface area contributed by atoms with E-state index in [1.165, 1.54) is 0 Å². The number of hydrogen-bond acceptors (Lipinski definition) is 6. The van der Waals surface area contributed by atoms with Crippen molar-refractivity contribution in [3.8, 4) is 11.6 Å². The van der Waals surface area contributed by atoms with Crippen molar-refractivity contribution in [2.75, 3.05) is 10.2 Å². The lowest BCUT2D eigenvalue weighted by molar-refractivity contribution is 0.259. The van der Waals surface area contributed by atoms with E-state index in [-0.39, 0.29) is 6.03 Å². The number of aromatic nitrogens is 3. The summed E-state index contributed by atoms with van der Waals surface area (Å²) in [6, 6.07) is 12.4. The van der Waals surface area contributed by atoms with Crippen LogP contribution < -0.4 is 15.0 Å². The molecule has 1 aliphatic rings. The van der Waals surface area contributed by atoms with E-state index in [2.05, 4.69) is 20.5 Å². The fraction of sp³-hybridized carbons (Fsp3) is 0.0526. The zero-order chi connectivity index (χ0) is 18.4. The molecule has 0 saturated heterocycles. The van der Waals surface area contributed by atoms with Gasteiger partial charge in [-0.15, -0.1) is 16.4 Å². The summed E-state index contributed by atoms with van der Waals surface area (Å²) in [4.78, 5) is 20.8. The summed E-state index contributed by atoms with van der Waals surface area (Å²) in [5.74, 6) is 1.03. The minimum absolute atomic E-state index is 0.195. The van der Waals surface area contributed by atoms with Crippen LogP contribution in [0.2, 0.25) is 0 Å². The Hall–Kier alpha value is -3.52. The van der Waals surface area contributed by atoms with Crippen molar-refractivity contribution in [3.05, 3.63) is 59.7 Å². The van der Waals surface area contributed by atoms with Gasteiger partial charge < -0.3 is 10.1 Å². The number of anilines is 3. The van der Waals surface area contributed by atoms with E-state index in [1.54, 1.807) is 52.9 Å². The molecule has 4 heterocycles. The Bertz CT molecular complexity index is 1160. The maximum atomic E-state index is 12.8. The molecule has 8 heteroatoms. The molecule has 0 saturated carbocycles. The van der Waals surface area contributed by atoms with Gasteiger partial charge in [-0.25, -0.2) is 9.78 Å². The minimum atomic E-state index is -0.195. The summed E-state index contributed by atoms with van der Waals surface area (Å²) in [6.45, 7) is 1.99. The standard InChI is InChI=1S/C19H13N5O2S/c1-11-17-16-14(8-10-20-18(16)27-11)24(19(25)22-17)12-4-6-13(7-5-12)26-15-3-2-9-21-23-15/h2-10H,1H3,(H,22,25). The molecule has 27 heavy (non-hydrogen) atoms. The van der Waals surface area contributed by atoms with E-state index >= 15 is 0 Å². The number of nitrogens with one attached hydrogen (secondary N) is 1. The fourth-order valence-electron chi connectivity index (χ4n) is 3.11. The number of amides is 2. The largest absolute Gasteiger partial charge is 0.438 e. The van der Waals surface area contributed by atoms with Crippen molar-refractivity contribution in [1.82, 2.24) is 15.2 Å². The van der Waals surface area contributed by atoms with E-state index in [0.717, 1.165) is 32.2 Å². The highest BCUT2D eigenvalue weighted by Gasteiger charge is 2.29. The summed E-state index contributed by atoms with van der Waals surface area (Å²) < 4.78 is 5.66. The topological polar surface area (TPSA) is 80.2 Å². The van der Waals surface area contributed by atoms with Gasteiger partial charge in [0.05, 0.1) is 22.4 Å². The summed E-state index contributed by atoms with van der Waals surface area (Å²) in [5.41, 5.74) is 2.41. The lowest BCUT2D eigenvalue weighted by Gasteiger charge is -2.28. The number of carbonyl (C=O) groups is 1. The molecule has 0 bridgehead atoms. The quantitative estimate of drug-likeness (QED) is 0.552. The zero-order valence-electron chi connectivity index (χ0n) is 14.2. The third-order valence-corrected chi connectivity index (χ3v) is 5.30. The van der Waals surface area contributed by atoms with Gasteiger partial charge in [0.15, 0.2) is 0 Å². The average molecular weight is 375 g/mol. The third kappa shape index (κ3) is 2.58. The predicted octanol–water partition coefficient (Wildman–Crippen LogP) is 4.87. The second-order valence-electron chi connectivity index (χ2n) is 5.97. The number of nitrogens with zero attached hydrogens (tertiary/aromatic N) is 4. The SMILES string of the molecule is Cc1sc2nccc3c2c1NC(=O)N3c1ccc(Oc2cccnn2)cc1. The molecule has 0 spiro atoms. The van der Waals surface area contributed by atoms with Gasteiger partial charge in [0.1, 0.15) is 10.6 Å². The van der Waals surface area contributed by atoms with Crippen molar-refractivity contribution in [2.45, 2.75) is 6.92 Å². The van der Waals surface area contributed by atoms with E-state index in [0.29, 0.717) is 11.6 Å². The maximum Gasteiger partial charge on any atom is 0.331 e. The van der Waals surface area contributed by atoms with Crippen LogP contribution in [-0.4, -0.2) is 21.2 Å². The van der Waals surface area contributed by atoms with Crippen molar-refractivity contribution in [2.24, 2.45) is 0 Å². The van der Waals surface area contributed by atoms with E-state index in [1.807, 2.05) is 25.1 Å². The Morgan fingerprint density at radius 1 is 1.11 bits per heavy atom. The highest BCUT2D eigenvalue weighted by Crippen LogP contribution is 2.45. The number of urea groups is 1. The van der Waals surface area contributed by atoms with Crippen molar-refractivity contribution < 1.29 is 9.53 Å². The predicted molar refractivity (Wildman–Crippen MR) is 104 cm³/mol. The lowest BCUT2D eigenvalue weighted by atomic mass is 10.1. The van der Waals surface area contributed by atoms with Gasteiger partial charge in [0, 0.05) is 23.3 Å². The Labute approximate surface area is 158 Å². The number of thiophene rings is 1. The highest BCUT2D eigenvalue weighted by molar-refractivity contribution is 7.19. The maximum absolute atomic E-state index is 12.8. The zero-order valence-corrected chi connectivity index (χ0v) is 15.0. The number of ether oxygens (including phenoxy) is 1. The van der Waals surface area contributed by atoms with Crippen molar-refractivity contribution in [3.63, 3.8) is 0 Å². The molecule has 0 radical (unpaired) electrons. The third-order valence-electron chi connectivity index (χ3n) is 4.29. The lowest BCUT2D eigenvalue weighted by Crippen LogP contribution is -2.33. The molecule has 7 nitrogen and oxygen atoms in total. The van der Waals surface area contributed by atoms with Crippen LogP contribution in [0.15, 0.2) is 54.9 Å². The minimum Gasteiger partial charge on any atom is -0.438 e. The van der Waals surface area contributed by atoms with Gasteiger partial charge in [-0.3, -0.25) is 4.90 Å². The number of pyridine rings is 1. The first kappa shape index (κ1) is 15.7. The van der Waals surface area contributed by atoms with Crippen molar-refractivity contribution >= 4 is 44.6 Å². The number of rotatable bonds is 3. The van der Waals surface area contributed by atoms with E-state index in [9.17, 15) is 4.79 Å². The second kappa shape index (κ2) is 6.03. The average Bonchev–Trinajstić information content (AvgIpc) is 3.00. The van der Waals surface area contributed by atoms with Gasteiger partial charge >= 0.3 is 6.03 Å². The monoisotopic (exact) mass is 375 g/mol. The Morgan fingerprint density at radius 3 is 2.74 bits per heavy atom. The number of aryl methyl sites for hydroxylation is 1. The van der Waals surface area contributed by atoms with Crippen LogP contribution in [0.3, 0.4) is 0 Å². The first-order valence-electron chi connectivity index (χ1n) is 8.25. The van der Waals surface area contributed by atoms with E-state index in [4.69, 9.17) is 4.74 Å². The molecule has 5 rings (SSSR count). The first-order chi connectivity index (χ1) is 13.2.